The van der Waals surface area contributed by atoms with E-state index in [1.807, 2.05) is 13.0 Å². The molecule has 1 atom stereocenters. The summed E-state index contributed by atoms with van der Waals surface area (Å²) in [7, 11) is 1.73. The van der Waals surface area contributed by atoms with Gasteiger partial charge in [0.05, 0.1) is 12.3 Å². The van der Waals surface area contributed by atoms with E-state index >= 15 is 0 Å². The molecule has 0 aliphatic rings. The van der Waals surface area contributed by atoms with Crippen molar-refractivity contribution in [3.05, 3.63) is 59.1 Å². The molecule has 2 nitrogen and oxygen atoms in total. The Kier molecular flexibility index (Phi) is 3.24. The second-order valence-electron chi connectivity index (χ2n) is 3.92. The summed E-state index contributed by atoms with van der Waals surface area (Å²) in [6, 6.07) is 5.04. The largest absolute Gasteiger partial charge is 0.469 e. The highest BCUT2D eigenvalue weighted by Gasteiger charge is 2.15. The summed E-state index contributed by atoms with van der Waals surface area (Å²) in [5.74, 6) is -0.405. The van der Waals surface area contributed by atoms with Gasteiger partial charge in [-0.3, -0.25) is 0 Å². The predicted molar refractivity (Wildman–Crippen MR) is 60.7 cm³/mol. The third kappa shape index (κ3) is 2.53. The first-order chi connectivity index (χ1) is 8.10. The van der Waals surface area contributed by atoms with Gasteiger partial charge in [0.25, 0.3) is 0 Å². The van der Waals surface area contributed by atoms with E-state index in [-0.39, 0.29) is 6.04 Å². The molecule has 0 aliphatic carbocycles. The molecule has 1 N–H and O–H groups in total. The molecule has 1 aromatic carbocycles. The van der Waals surface area contributed by atoms with E-state index in [0.717, 1.165) is 17.4 Å². The van der Waals surface area contributed by atoms with Gasteiger partial charge in [0, 0.05) is 11.6 Å². The third-order valence-electron chi connectivity index (χ3n) is 2.59. The number of rotatable bonds is 3. The Bertz CT molecular complexity index is 502. The van der Waals surface area contributed by atoms with Crippen LogP contribution >= 0.6 is 0 Å². The van der Waals surface area contributed by atoms with Gasteiger partial charge in [-0.2, -0.15) is 0 Å². The van der Waals surface area contributed by atoms with Gasteiger partial charge in [0.15, 0.2) is 0 Å². The number of benzene rings is 1. The molecule has 17 heavy (non-hydrogen) atoms. The van der Waals surface area contributed by atoms with Crippen molar-refractivity contribution in [2.45, 2.75) is 13.0 Å². The molecule has 2 rings (SSSR count). The fraction of sp³-hybridized carbons (Fsp3) is 0.231. The van der Waals surface area contributed by atoms with Crippen LogP contribution in [0.15, 0.2) is 34.9 Å². The van der Waals surface area contributed by atoms with Crippen LogP contribution in [0.5, 0.6) is 0 Å². The molecular formula is C13H13F2NO. The Morgan fingerprint density at radius 3 is 2.18 bits per heavy atom. The van der Waals surface area contributed by atoms with E-state index in [4.69, 9.17) is 4.42 Å². The average Bonchev–Trinajstić information content (AvgIpc) is 2.64. The Labute approximate surface area is 98.3 Å². The van der Waals surface area contributed by atoms with Gasteiger partial charge >= 0.3 is 0 Å². The summed E-state index contributed by atoms with van der Waals surface area (Å²) in [6.45, 7) is 1.82. The van der Waals surface area contributed by atoms with E-state index in [1.165, 1.54) is 12.1 Å². The minimum atomic E-state index is -0.583. The zero-order valence-electron chi connectivity index (χ0n) is 9.63. The molecule has 1 aromatic heterocycles. The van der Waals surface area contributed by atoms with E-state index in [2.05, 4.69) is 5.32 Å². The molecule has 90 valence electrons. The molecule has 1 unspecified atom stereocenters. The van der Waals surface area contributed by atoms with Crippen molar-refractivity contribution in [3.8, 4) is 0 Å². The molecule has 0 amide bonds. The molecular weight excluding hydrogens is 224 g/mol. The Morgan fingerprint density at radius 2 is 1.71 bits per heavy atom. The van der Waals surface area contributed by atoms with E-state index < -0.39 is 11.6 Å². The van der Waals surface area contributed by atoms with Gasteiger partial charge in [0.1, 0.15) is 17.4 Å². The zero-order chi connectivity index (χ0) is 12.4. The highest BCUT2D eigenvalue weighted by atomic mass is 19.1. The standard InChI is InChI=1S/C13H13F2NO/c1-8-3-10(7-17-8)13(16-2)9-4-11(14)6-12(15)5-9/h3-7,13,16H,1-2H3. The lowest BCUT2D eigenvalue weighted by Gasteiger charge is -2.15. The first-order valence-electron chi connectivity index (χ1n) is 5.28. The summed E-state index contributed by atoms with van der Waals surface area (Å²) in [4.78, 5) is 0. The van der Waals surface area contributed by atoms with Crippen molar-refractivity contribution in [2.75, 3.05) is 7.05 Å². The Morgan fingerprint density at radius 1 is 1.06 bits per heavy atom. The van der Waals surface area contributed by atoms with Crippen LogP contribution in [0.2, 0.25) is 0 Å². The zero-order valence-corrected chi connectivity index (χ0v) is 9.63. The minimum absolute atomic E-state index is 0.280. The second kappa shape index (κ2) is 4.67. The molecule has 2 aromatic rings. The molecule has 0 bridgehead atoms. The molecule has 0 fully saturated rings. The van der Waals surface area contributed by atoms with Crippen LogP contribution in [-0.4, -0.2) is 7.05 Å². The van der Waals surface area contributed by atoms with Crippen LogP contribution in [0.3, 0.4) is 0 Å². The van der Waals surface area contributed by atoms with Crippen LogP contribution in [0.1, 0.15) is 22.9 Å². The van der Waals surface area contributed by atoms with Gasteiger partial charge in [-0.25, -0.2) is 8.78 Å². The van der Waals surface area contributed by atoms with Crippen LogP contribution in [0.25, 0.3) is 0 Å². The van der Waals surface area contributed by atoms with Crippen molar-refractivity contribution in [2.24, 2.45) is 0 Å². The SMILES string of the molecule is CNC(c1cc(F)cc(F)c1)c1coc(C)c1. The number of halogens is 2. The molecule has 1 heterocycles. The van der Waals surface area contributed by atoms with Crippen molar-refractivity contribution in [1.29, 1.82) is 0 Å². The van der Waals surface area contributed by atoms with Gasteiger partial charge in [-0.05, 0) is 37.7 Å². The topological polar surface area (TPSA) is 25.2 Å². The Hall–Kier alpha value is -1.68. The normalized spacial score (nSPS) is 12.7. The number of nitrogens with one attached hydrogen (secondary N) is 1. The van der Waals surface area contributed by atoms with Crippen molar-refractivity contribution < 1.29 is 13.2 Å². The summed E-state index contributed by atoms with van der Waals surface area (Å²) in [5, 5.41) is 3.01. The van der Waals surface area contributed by atoms with Gasteiger partial charge in [-0.1, -0.05) is 0 Å². The maximum absolute atomic E-state index is 13.2. The third-order valence-corrected chi connectivity index (χ3v) is 2.59. The number of hydrogen-bond acceptors (Lipinski definition) is 2. The fourth-order valence-electron chi connectivity index (χ4n) is 1.88. The number of aryl methyl sites for hydroxylation is 1. The lowest BCUT2D eigenvalue weighted by molar-refractivity contribution is 0.526. The first-order valence-corrected chi connectivity index (χ1v) is 5.28. The van der Waals surface area contributed by atoms with E-state index in [9.17, 15) is 8.78 Å². The fourth-order valence-corrected chi connectivity index (χ4v) is 1.88. The summed E-state index contributed by atoms with van der Waals surface area (Å²) < 4.78 is 31.5. The molecule has 0 aliphatic heterocycles. The summed E-state index contributed by atoms with van der Waals surface area (Å²) in [6.07, 6.45) is 1.58. The molecule has 0 radical (unpaired) electrons. The highest BCUT2D eigenvalue weighted by Crippen LogP contribution is 2.24. The summed E-state index contributed by atoms with van der Waals surface area (Å²) in [5.41, 5.74) is 1.38. The average molecular weight is 237 g/mol. The summed E-state index contributed by atoms with van der Waals surface area (Å²) >= 11 is 0. The molecule has 0 saturated carbocycles. The molecule has 0 spiro atoms. The first kappa shape index (κ1) is 11.8. The van der Waals surface area contributed by atoms with Crippen LogP contribution in [0, 0.1) is 18.6 Å². The van der Waals surface area contributed by atoms with Crippen LogP contribution in [0.4, 0.5) is 8.78 Å². The van der Waals surface area contributed by atoms with Gasteiger partial charge < -0.3 is 9.73 Å². The highest BCUT2D eigenvalue weighted by molar-refractivity contribution is 5.31. The molecule has 0 saturated heterocycles. The van der Waals surface area contributed by atoms with Crippen molar-refractivity contribution >= 4 is 0 Å². The van der Waals surface area contributed by atoms with Gasteiger partial charge in [0.2, 0.25) is 0 Å². The predicted octanol–water partition coefficient (Wildman–Crippen LogP) is 3.18. The lowest BCUT2D eigenvalue weighted by Crippen LogP contribution is -2.17. The second-order valence-corrected chi connectivity index (χ2v) is 3.92. The quantitative estimate of drug-likeness (QED) is 0.887. The van der Waals surface area contributed by atoms with E-state index in [0.29, 0.717) is 5.56 Å². The lowest BCUT2D eigenvalue weighted by atomic mass is 10.0. The number of hydrogen-bond donors (Lipinski definition) is 1. The van der Waals surface area contributed by atoms with E-state index in [1.54, 1.807) is 13.3 Å². The van der Waals surface area contributed by atoms with Crippen LogP contribution < -0.4 is 5.32 Å². The smallest absolute Gasteiger partial charge is 0.126 e. The van der Waals surface area contributed by atoms with Gasteiger partial charge in [-0.15, -0.1) is 0 Å². The minimum Gasteiger partial charge on any atom is -0.469 e. The molecule has 4 heteroatoms. The Balaban J connectivity index is 2.41. The monoisotopic (exact) mass is 237 g/mol. The van der Waals surface area contributed by atoms with Crippen molar-refractivity contribution in [1.82, 2.24) is 5.32 Å². The maximum atomic E-state index is 13.2. The maximum Gasteiger partial charge on any atom is 0.126 e. The number of furan rings is 1. The van der Waals surface area contributed by atoms with Crippen LogP contribution in [-0.2, 0) is 0 Å². The van der Waals surface area contributed by atoms with Crippen molar-refractivity contribution in [3.63, 3.8) is 0 Å².